The molecule has 20 heavy (non-hydrogen) atoms. The fourth-order valence-corrected chi connectivity index (χ4v) is 2.43. The molecule has 0 aliphatic carbocycles. The van der Waals surface area contributed by atoms with Gasteiger partial charge in [0.2, 0.25) is 5.91 Å². The SMILES string of the molecule is COc1ccc(NC(=O)[C@@H](C#N)Cc2ccsc2)cc1. The number of amides is 1. The number of rotatable bonds is 5. The summed E-state index contributed by atoms with van der Waals surface area (Å²) in [6, 6.07) is 11.0. The van der Waals surface area contributed by atoms with Gasteiger partial charge in [0.25, 0.3) is 0 Å². The highest BCUT2D eigenvalue weighted by molar-refractivity contribution is 7.07. The topological polar surface area (TPSA) is 62.1 Å². The van der Waals surface area contributed by atoms with E-state index in [-0.39, 0.29) is 5.91 Å². The Balaban J connectivity index is 2.00. The largest absolute Gasteiger partial charge is 0.497 e. The lowest BCUT2D eigenvalue weighted by Gasteiger charge is -2.10. The molecule has 2 rings (SSSR count). The van der Waals surface area contributed by atoms with E-state index in [0.717, 1.165) is 11.3 Å². The van der Waals surface area contributed by atoms with Crippen molar-refractivity contribution in [1.29, 1.82) is 5.26 Å². The number of anilines is 1. The summed E-state index contributed by atoms with van der Waals surface area (Å²) >= 11 is 1.56. The molecule has 1 atom stereocenters. The maximum atomic E-state index is 12.1. The fourth-order valence-electron chi connectivity index (χ4n) is 1.75. The summed E-state index contributed by atoms with van der Waals surface area (Å²) in [5.41, 5.74) is 1.66. The van der Waals surface area contributed by atoms with Gasteiger partial charge in [0.05, 0.1) is 13.2 Å². The van der Waals surface area contributed by atoms with E-state index >= 15 is 0 Å². The summed E-state index contributed by atoms with van der Waals surface area (Å²) in [7, 11) is 1.58. The highest BCUT2D eigenvalue weighted by Gasteiger charge is 2.18. The van der Waals surface area contributed by atoms with Crippen LogP contribution in [0.3, 0.4) is 0 Å². The molecule has 0 saturated carbocycles. The Kier molecular flexibility index (Phi) is 4.75. The Bertz CT molecular complexity index is 600. The van der Waals surface area contributed by atoms with Crippen molar-refractivity contribution in [3.05, 3.63) is 46.7 Å². The second kappa shape index (κ2) is 6.73. The molecule has 0 bridgehead atoms. The minimum absolute atomic E-state index is 0.288. The number of nitrogens with zero attached hydrogens (tertiary/aromatic N) is 1. The molecule has 102 valence electrons. The molecule has 1 aromatic heterocycles. The summed E-state index contributed by atoms with van der Waals surface area (Å²) in [6.45, 7) is 0. The second-order valence-electron chi connectivity index (χ2n) is 4.24. The van der Waals surface area contributed by atoms with Crippen molar-refractivity contribution < 1.29 is 9.53 Å². The molecule has 1 aromatic carbocycles. The van der Waals surface area contributed by atoms with Gasteiger partial charge < -0.3 is 10.1 Å². The zero-order valence-corrected chi connectivity index (χ0v) is 11.8. The van der Waals surface area contributed by atoms with Gasteiger partial charge in [-0.1, -0.05) is 0 Å². The number of hydrogen-bond donors (Lipinski definition) is 1. The van der Waals surface area contributed by atoms with E-state index in [2.05, 4.69) is 11.4 Å². The van der Waals surface area contributed by atoms with Crippen LogP contribution in [0.2, 0.25) is 0 Å². The minimum Gasteiger partial charge on any atom is -0.497 e. The number of carbonyl (C=O) groups is 1. The van der Waals surface area contributed by atoms with Gasteiger partial charge in [0.1, 0.15) is 11.7 Å². The molecule has 5 heteroatoms. The molecule has 0 radical (unpaired) electrons. The monoisotopic (exact) mass is 286 g/mol. The summed E-state index contributed by atoms with van der Waals surface area (Å²) in [5.74, 6) is -0.256. The molecule has 1 heterocycles. The van der Waals surface area contributed by atoms with Gasteiger partial charge in [-0.25, -0.2) is 0 Å². The third kappa shape index (κ3) is 3.59. The quantitative estimate of drug-likeness (QED) is 0.918. The van der Waals surface area contributed by atoms with Crippen LogP contribution in [0, 0.1) is 17.2 Å². The van der Waals surface area contributed by atoms with E-state index in [1.165, 1.54) is 0 Å². The lowest BCUT2D eigenvalue weighted by atomic mass is 10.0. The summed E-state index contributed by atoms with van der Waals surface area (Å²) in [4.78, 5) is 12.1. The molecule has 0 aliphatic rings. The van der Waals surface area contributed by atoms with Crippen molar-refractivity contribution in [3.8, 4) is 11.8 Å². The predicted octanol–water partition coefficient (Wildman–Crippen LogP) is 3.08. The van der Waals surface area contributed by atoms with E-state index in [1.54, 1.807) is 42.7 Å². The van der Waals surface area contributed by atoms with Gasteiger partial charge in [-0.2, -0.15) is 16.6 Å². The number of benzene rings is 1. The van der Waals surface area contributed by atoms with Crippen LogP contribution in [0.4, 0.5) is 5.69 Å². The standard InChI is InChI=1S/C15H14N2O2S/c1-19-14-4-2-13(3-5-14)17-15(18)12(9-16)8-11-6-7-20-10-11/h2-7,10,12H,8H2,1H3,(H,17,18)/t12-/m1/s1. The van der Waals surface area contributed by atoms with Crippen molar-refractivity contribution in [1.82, 2.24) is 0 Å². The van der Waals surface area contributed by atoms with Crippen LogP contribution in [-0.4, -0.2) is 13.0 Å². The molecule has 2 aromatic rings. The van der Waals surface area contributed by atoms with Crippen LogP contribution in [0.1, 0.15) is 5.56 Å². The zero-order chi connectivity index (χ0) is 14.4. The highest BCUT2D eigenvalue weighted by Crippen LogP contribution is 2.17. The lowest BCUT2D eigenvalue weighted by Crippen LogP contribution is -2.23. The molecule has 0 saturated heterocycles. The Morgan fingerprint density at radius 1 is 1.40 bits per heavy atom. The Morgan fingerprint density at radius 2 is 2.15 bits per heavy atom. The highest BCUT2D eigenvalue weighted by atomic mass is 32.1. The number of hydrogen-bond acceptors (Lipinski definition) is 4. The predicted molar refractivity (Wildman–Crippen MR) is 78.7 cm³/mol. The molecule has 0 spiro atoms. The average Bonchev–Trinajstić information content (AvgIpc) is 2.98. The van der Waals surface area contributed by atoms with Crippen LogP contribution in [0.25, 0.3) is 0 Å². The van der Waals surface area contributed by atoms with Crippen LogP contribution in [0.15, 0.2) is 41.1 Å². The number of nitrogens with one attached hydrogen (secondary N) is 1. The minimum atomic E-state index is -0.688. The van der Waals surface area contributed by atoms with Gasteiger partial charge in [-0.15, -0.1) is 0 Å². The van der Waals surface area contributed by atoms with E-state index in [9.17, 15) is 4.79 Å². The van der Waals surface area contributed by atoms with E-state index < -0.39 is 5.92 Å². The first-order valence-corrected chi connectivity index (χ1v) is 7.03. The molecule has 0 fully saturated rings. The smallest absolute Gasteiger partial charge is 0.242 e. The van der Waals surface area contributed by atoms with Crippen molar-refractivity contribution >= 4 is 22.9 Å². The lowest BCUT2D eigenvalue weighted by molar-refractivity contribution is -0.118. The Labute approximate surface area is 121 Å². The van der Waals surface area contributed by atoms with Gasteiger partial charge in [-0.05, 0) is 53.1 Å². The first kappa shape index (κ1) is 14.1. The molecule has 0 unspecified atom stereocenters. The number of carbonyl (C=O) groups excluding carboxylic acids is 1. The van der Waals surface area contributed by atoms with Crippen molar-refractivity contribution in [2.24, 2.45) is 5.92 Å². The van der Waals surface area contributed by atoms with E-state index in [1.807, 2.05) is 16.8 Å². The van der Waals surface area contributed by atoms with E-state index in [4.69, 9.17) is 10.00 Å². The van der Waals surface area contributed by atoms with Gasteiger partial charge in [-0.3, -0.25) is 4.79 Å². The zero-order valence-electron chi connectivity index (χ0n) is 11.0. The normalized spacial score (nSPS) is 11.4. The van der Waals surface area contributed by atoms with Crippen LogP contribution in [-0.2, 0) is 11.2 Å². The number of methoxy groups -OCH3 is 1. The molecular weight excluding hydrogens is 272 g/mol. The first-order chi connectivity index (χ1) is 9.72. The Hall–Kier alpha value is -2.32. The number of thiophene rings is 1. The number of ether oxygens (including phenoxy) is 1. The summed E-state index contributed by atoms with van der Waals surface area (Å²) in [5, 5.41) is 15.8. The van der Waals surface area contributed by atoms with Gasteiger partial charge in [0, 0.05) is 5.69 Å². The Morgan fingerprint density at radius 3 is 2.70 bits per heavy atom. The maximum Gasteiger partial charge on any atom is 0.242 e. The van der Waals surface area contributed by atoms with Crippen LogP contribution < -0.4 is 10.1 Å². The van der Waals surface area contributed by atoms with Gasteiger partial charge in [0.15, 0.2) is 0 Å². The second-order valence-corrected chi connectivity index (χ2v) is 5.02. The number of nitriles is 1. The van der Waals surface area contributed by atoms with Crippen LogP contribution >= 0.6 is 11.3 Å². The van der Waals surface area contributed by atoms with Crippen LogP contribution in [0.5, 0.6) is 5.75 Å². The molecular formula is C15H14N2O2S. The van der Waals surface area contributed by atoms with E-state index in [0.29, 0.717) is 12.1 Å². The molecule has 0 aliphatic heterocycles. The van der Waals surface area contributed by atoms with Crippen molar-refractivity contribution in [3.63, 3.8) is 0 Å². The molecule has 1 N–H and O–H groups in total. The summed E-state index contributed by atoms with van der Waals surface area (Å²) in [6.07, 6.45) is 0.433. The molecule has 4 nitrogen and oxygen atoms in total. The van der Waals surface area contributed by atoms with Gasteiger partial charge >= 0.3 is 0 Å². The first-order valence-electron chi connectivity index (χ1n) is 6.08. The molecule has 1 amide bonds. The fraction of sp³-hybridized carbons (Fsp3) is 0.200. The third-order valence-corrected chi connectivity index (χ3v) is 3.58. The summed E-state index contributed by atoms with van der Waals surface area (Å²) < 4.78 is 5.05. The maximum absolute atomic E-state index is 12.1. The van der Waals surface area contributed by atoms with Crippen molar-refractivity contribution in [2.75, 3.05) is 12.4 Å². The third-order valence-electron chi connectivity index (χ3n) is 2.85. The van der Waals surface area contributed by atoms with Crippen molar-refractivity contribution in [2.45, 2.75) is 6.42 Å². The average molecular weight is 286 g/mol.